The van der Waals surface area contributed by atoms with Crippen LogP contribution in [0.15, 0.2) is 23.7 Å². The number of nitrogens with two attached hydrogens (primary N) is 2. The van der Waals surface area contributed by atoms with E-state index in [1.807, 2.05) is 32.9 Å². The van der Waals surface area contributed by atoms with Crippen molar-refractivity contribution in [1.82, 2.24) is 4.90 Å². The Hall–Kier alpha value is -1.12. The van der Waals surface area contributed by atoms with Crippen LogP contribution in [0.4, 0.5) is 0 Å². The highest BCUT2D eigenvalue weighted by Gasteiger charge is 2.10. The molecule has 1 aliphatic rings. The first-order chi connectivity index (χ1) is 6.70. The molecule has 3 heteroatoms. The fraction of sp³-hybridized carbons (Fsp3) is 0.636. The number of hydrogen-bond donors (Lipinski definition) is 2. The standard InChI is InChI=1S/C9H17N3.C2H6/c1-8(10)4-5-9(11)12-6-2-3-7-12;1-2/h4-5H,2-3,6-7,10-11H2,1H3;1-2H3/b8-4-,9-5+;. The van der Waals surface area contributed by atoms with Gasteiger partial charge in [0.25, 0.3) is 0 Å². The van der Waals surface area contributed by atoms with Gasteiger partial charge in [0.1, 0.15) is 0 Å². The lowest BCUT2D eigenvalue weighted by Crippen LogP contribution is -2.24. The van der Waals surface area contributed by atoms with Gasteiger partial charge in [-0.15, -0.1) is 0 Å². The highest BCUT2D eigenvalue weighted by Crippen LogP contribution is 2.10. The second-order valence-corrected chi connectivity index (χ2v) is 3.20. The Kier molecular flexibility index (Phi) is 6.72. The van der Waals surface area contributed by atoms with Gasteiger partial charge >= 0.3 is 0 Å². The molecule has 14 heavy (non-hydrogen) atoms. The summed E-state index contributed by atoms with van der Waals surface area (Å²) in [6.45, 7) is 8.02. The Labute approximate surface area is 87.4 Å². The van der Waals surface area contributed by atoms with Crippen molar-refractivity contribution in [1.29, 1.82) is 0 Å². The van der Waals surface area contributed by atoms with Gasteiger partial charge in [0.05, 0.1) is 5.82 Å². The maximum absolute atomic E-state index is 5.81. The third kappa shape index (κ3) is 4.80. The average molecular weight is 197 g/mol. The monoisotopic (exact) mass is 197 g/mol. The summed E-state index contributed by atoms with van der Waals surface area (Å²) in [5, 5.41) is 0. The first kappa shape index (κ1) is 12.9. The number of allylic oxidation sites excluding steroid dienone is 3. The normalized spacial score (nSPS) is 17.8. The van der Waals surface area contributed by atoms with Crippen molar-refractivity contribution in [2.24, 2.45) is 11.5 Å². The fourth-order valence-electron chi connectivity index (χ4n) is 1.30. The fourth-order valence-corrected chi connectivity index (χ4v) is 1.30. The highest BCUT2D eigenvalue weighted by atomic mass is 15.2. The van der Waals surface area contributed by atoms with Gasteiger partial charge in [-0.1, -0.05) is 13.8 Å². The summed E-state index contributed by atoms with van der Waals surface area (Å²) in [4.78, 5) is 2.18. The van der Waals surface area contributed by atoms with Crippen molar-refractivity contribution in [3.8, 4) is 0 Å². The van der Waals surface area contributed by atoms with Crippen LogP contribution >= 0.6 is 0 Å². The van der Waals surface area contributed by atoms with E-state index < -0.39 is 0 Å². The molecule has 82 valence electrons. The van der Waals surface area contributed by atoms with Gasteiger partial charge in [-0.05, 0) is 31.9 Å². The number of likely N-dealkylation sites (tertiary alicyclic amines) is 1. The molecule has 0 spiro atoms. The summed E-state index contributed by atoms with van der Waals surface area (Å²) >= 11 is 0. The molecule has 0 unspecified atom stereocenters. The van der Waals surface area contributed by atoms with Crippen LogP contribution in [0.5, 0.6) is 0 Å². The molecule has 0 atom stereocenters. The summed E-state index contributed by atoms with van der Waals surface area (Å²) in [5.41, 5.74) is 12.1. The zero-order valence-electron chi connectivity index (χ0n) is 9.59. The minimum absolute atomic E-state index is 0.789. The highest BCUT2D eigenvalue weighted by molar-refractivity contribution is 5.12. The lowest BCUT2D eigenvalue weighted by molar-refractivity contribution is 0.421. The minimum atomic E-state index is 0.789. The molecule has 1 saturated heterocycles. The van der Waals surface area contributed by atoms with Gasteiger partial charge in [-0.25, -0.2) is 0 Å². The van der Waals surface area contributed by atoms with Crippen LogP contribution in [0.1, 0.15) is 33.6 Å². The number of hydrogen-bond acceptors (Lipinski definition) is 3. The molecule has 0 saturated carbocycles. The third-order valence-electron chi connectivity index (χ3n) is 1.99. The molecule has 0 aromatic heterocycles. The molecule has 1 fully saturated rings. The van der Waals surface area contributed by atoms with Gasteiger partial charge in [-0.2, -0.15) is 0 Å². The molecular formula is C11H23N3. The topological polar surface area (TPSA) is 55.3 Å². The second kappa shape index (κ2) is 7.30. The average Bonchev–Trinajstić information content (AvgIpc) is 2.70. The smallest absolute Gasteiger partial charge is 0.0986 e. The molecule has 4 N–H and O–H groups in total. The molecule has 1 aliphatic heterocycles. The first-order valence-electron chi connectivity index (χ1n) is 5.34. The summed E-state index contributed by atoms with van der Waals surface area (Å²) in [6, 6.07) is 0. The number of nitrogens with zero attached hydrogens (tertiary/aromatic N) is 1. The zero-order chi connectivity index (χ0) is 11.0. The van der Waals surface area contributed by atoms with Crippen molar-refractivity contribution in [3.05, 3.63) is 23.7 Å². The van der Waals surface area contributed by atoms with E-state index in [4.69, 9.17) is 11.5 Å². The maximum Gasteiger partial charge on any atom is 0.0986 e. The van der Waals surface area contributed by atoms with E-state index in [-0.39, 0.29) is 0 Å². The van der Waals surface area contributed by atoms with Gasteiger partial charge < -0.3 is 16.4 Å². The van der Waals surface area contributed by atoms with E-state index in [2.05, 4.69) is 4.90 Å². The van der Waals surface area contributed by atoms with Gasteiger partial charge in [-0.3, -0.25) is 0 Å². The zero-order valence-corrected chi connectivity index (χ0v) is 9.59. The van der Waals surface area contributed by atoms with Crippen LogP contribution in [-0.4, -0.2) is 18.0 Å². The van der Waals surface area contributed by atoms with Crippen LogP contribution < -0.4 is 11.5 Å². The molecule has 0 aromatic carbocycles. The summed E-state index contributed by atoms with van der Waals surface area (Å²) in [5.74, 6) is 0.831. The van der Waals surface area contributed by atoms with Gasteiger partial charge in [0.2, 0.25) is 0 Å². The summed E-state index contributed by atoms with van der Waals surface area (Å²) in [6.07, 6.45) is 6.22. The van der Waals surface area contributed by atoms with E-state index >= 15 is 0 Å². The molecule has 0 aromatic rings. The Morgan fingerprint density at radius 1 is 1.07 bits per heavy atom. The number of rotatable bonds is 2. The lowest BCUT2D eigenvalue weighted by Gasteiger charge is -2.16. The second-order valence-electron chi connectivity index (χ2n) is 3.20. The molecule has 3 nitrogen and oxygen atoms in total. The van der Waals surface area contributed by atoms with Gasteiger partial charge in [0.15, 0.2) is 0 Å². The van der Waals surface area contributed by atoms with E-state index in [0.29, 0.717) is 0 Å². The predicted octanol–water partition coefficient (Wildman–Crippen LogP) is 1.77. The lowest BCUT2D eigenvalue weighted by atomic mass is 10.4. The van der Waals surface area contributed by atoms with Crippen LogP contribution in [0.3, 0.4) is 0 Å². The first-order valence-corrected chi connectivity index (χ1v) is 5.34. The quantitative estimate of drug-likeness (QED) is 0.663. The van der Waals surface area contributed by atoms with E-state index in [0.717, 1.165) is 24.6 Å². The largest absolute Gasteiger partial charge is 0.402 e. The Bertz CT molecular complexity index is 197. The molecule has 0 amide bonds. The third-order valence-corrected chi connectivity index (χ3v) is 1.99. The minimum Gasteiger partial charge on any atom is -0.402 e. The predicted molar refractivity (Wildman–Crippen MR) is 62.4 cm³/mol. The van der Waals surface area contributed by atoms with Crippen molar-refractivity contribution in [3.63, 3.8) is 0 Å². The van der Waals surface area contributed by atoms with Crippen molar-refractivity contribution in [2.45, 2.75) is 33.6 Å². The molecule has 1 heterocycles. The van der Waals surface area contributed by atoms with E-state index in [1.54, 1.807) is 0 Å². The van der Waals surface area contributed by atoms with E-state index in [1.165, 1.54) is 12.8 Å². The van der Waals surface area contributed by atoms with Crippen LogP contribution in [0.2, 0.25) is 0 Å². The molecular weight excluding hydrogens is 174 g/mol. The van der Waals surface area contributed by atoms with E-state index in [9.17, 15) is 0 Å². The van der Waals surface area contributed by atoms with Crippen molar-refractivity contribution >= 4 is 0 Å². The molecule has 0 bridgehead atoms. The van der Waals surface area contributed by atoms with Crippen molar-refractivity contribution in [2.75, 3.05) is 13.1 Å². The van der Waals surface area contributed by atoms with Crippen LogP contribution in [-0.2, 0) is 0 Å². The Morgan fingerprint density at radius 2 is 1.57 bits per heavy atom. The summed E-state index contributed by atoms with van der Waals surface area (Å²) in [7, 11) is 0. The molecule has 0 aliphatic carbocycles. The molecule has 1 rings (SSSR count). The van der Waals surface area contributed by atoms with Crippen molar-refractivity contribution < 1.29 is 0 Å². The Morgan fingerprint density at radius 3 is 2.00 bits per heavy atom. The van der Waals surface area contributed by atoms with Crippen LogP contribution in [0.25, 0.3) is 0 Å². The maximum atomic E-state index is 5.81. The Balaban J connectivity index is 0.000000791. The van der Waals surface area contributed by atoms with Crippen LogP contribution in [0, 0.1) is 0 Å². The summed E-state index contributed by atoms with van der Waals surface area (Å²) < 4.78 is 0. The van der Waals surface area contributed by atoms with Gasteiger partial charge in [0, 0.05) is 18.8 Å². The SMILES string of the molecule is C/C(N)=C/C=C(\N)N1CCCC1.CC. The molecule has 0 radical (unpaired) electrons.